The molecule has 2 rings (SSSR count). The summed E-state index contributed by atoms with van der Waals surface area (Å²) < 4.78 is 5.75. The number of oxime groups is 1. The Morgan fingerprint density at radius 2 is 1.88 bits per heavy atom. The molecule has 0 amide bonds. The molecule has 2 fully saturated rings. The van der Waals surface area contributed by atoms with E-state index >= 15 is 0 Å². The molecule has 2 aliphatic carbocycles. The molecule has 0 spiro atoms. The monoisotopic (exact) mass is 239 g/mol. The lowest BCUT2D eigenvalue weighted by atomic mass is 9.70. The van der Waals surface area contributed by atoms with Crippen LogP contribution in [0.5, 0.6) is 0 Å². The van der Waals surface area contributed by atoms with Crippen LogP contribution in [0.3, 0.4) is 0 Å². The summed E-state index contributed by atoms with van der Waals surface area (Å²) in [6, 6.07) is 0. The normalized spacial score (nSPS) is 39.4. The zero-order valence-corrected chi connectivity index (χ0v) is 12.6. The van der Waals surface area contributed by atoms with Crippen molar-refractivity contribution in [1.29, 1.82) is 0 Å². The van der Waals surface area contributed by atoms with Gasteiger partial charge in [-0.3, -0.25) is 0 Å². The fraction of sp³-hybridized carbons (Fsp3) is 0.923. The van der Waals surface area contributed by atoms with Crippen LogP contribution >= 0.6 is 0 Å². The molecule has 0 aromatic rings. The predicted molar refractivity (Wildman–Crippen MR) is 71.1 cm³/mol. The van der Waals surface area contributed by atoms with Gasteiger partial charge in [-0.15, -0.1) is 5.16 Å². The summed E-state index contributed by atoms with van der Waals surface area (Å²) in [5.41, 5.74) is 2.03. The lowest BCUT2D eigenvalue weighted by Crippen LogP contribution is -2.33. The first-order valence-electron chi connectivity index (χ1n) is 6.42. The third-order valence-corrected chi connectivity index (χ3v) is 5.58. The fourth-order valence-corrected chi connectivity index (χ4v) is 3.64. The van der Waals surface area contributed by atoms with Crippen LogP contribution in [0.2, 0.25) is 19.6 Å². The van der Waals surface area contributed by atoms with E-state index in [9.17, 15) is 0 Å². The largest absolute Gasteiger partial charge is 0.456 e. The number of hydrogen-bond donors (Lipinski definition) is 0. The summed E-state index contributed by atoms with van der Waals surface area (Å²) in [4.78, 5) is 0. The van der Waals surface area contributed by atoms with E-state index in [1.165, 1.54) is 18.6 Å². The van der Waals surface area contributed by atoms with Gasteiger partial charge in [0.05, 0.1) is 5.71 Å². The molecule has 2 bridgehead atoms. The van der Waals surface area contributed by atoms with Crippen molar-refractivity contribution in [3.63, 3.8) is 0 Å². The van der Waals surface area contributed by atoms with Gasteiger partial charge in [0.25, 0.3) is 8.32 Å². The van der Waals surface area contributed by atoms with Gasteiger partial charge >= 0.3 is 0 Å². The molecule has 0 aromatic heterocycles. The molecular weight excluding hydrogens is 214 g/mol. The van der Waals surface area contributed by atoms with E-state index in [1.54, 1.807) is 0 Å². The van der Waals surface area contributed by atoms with Crippen molar-refractivity contribution in [2.75, 3.05) is 0 Å². The zero-order valence-electron chi connectivity index (χ0n) is 11.6. The molecule has 2 unspecified atom stereocenters. The molecule has 2 saturated carbocycles. The molecule has 2 atom stereocenters. The maximum Gasteiger partial charge on any atom is 0.278 e. The van der Waals surface area contributed by atoms with Crippen LogP contribution in [-0.2, 0) is 4.53 Å². The third-order valence-electron chi connectivity index (χ3n) is 4.94. The first-order valence-corrected chi connectivity index (χ1v) is 9.83. The second kappa shape index (κ2) is 3.34. The van der Waals surface area contributed by atoms with E-state index in [4.69, 9.17) is 4.53 Å². The quantitative estimate of drug-likeness (QED) is 0.526. The number of hydrogen-bond acceptors (Lipinski definition) is 2. The summed E-state index contributed by atoms with van der Waals surface area (Å²) >= 11 is 0. The van der Waals surface area contributed by atoms with Crippen molar-refractivity contribution in [1.82, 2.24) is 0 Å². The van der Waals surface area contributed by atoms with E-state index in [1.807, 2.05) is 0 Å². The Bertz CT molecular complexity index is 329. The summed E-state index contributed by atoms with van der Waals surface area (Å²) in [5, 5.41) is 4.52. The Hall–Kier alpha value is -0.313. The van der Waals surface area contributed by atoms with Gasteiger partial charge < -0.3 is 4.53 Å². The second-order valence-electron chi connectivity index (χ2n) is 7.24. The highest BCUT2D eigenvalue weighted by molar-refractivity contribution is 6.69. The minimum atomic E-state index is -1.52. The van der Waals surface area contributed by atoms with Crippen molar-refractivity contribution in [3.8, 4) is 0 Å². The van der Waals surface area contributed by atoms with Gasteiger partial charge in [-0.25, -0.2) is 0 Å². The second-order valence-corrected chi connectivity index (χ2v) is 11.6. The molecule has 16 heavy (non-hydrogen) atoms. The zero-order chi connectivity index (χ0) is 12.2. The average molecular weight is 239 g/mol. The SMILES string of the molecule is CC12CCC(C/C1=N\O[Si](C)(C)C)C2(C)C. The lowest BCUT2D eigenvalue weighted by Gasteiger charge is -2.34. The Morgan fingerprint density at radius 3 is 2.25 bits per heavy atom. The molecule has 0 saturated heterocycles. The van der Waals surface area contributed by atoms with Crippen LogP contribution in [-0.4, -0.2) is 14.0 Å². The van der Waals surface area contributed by atoms with Crippen molar-refractivity contribution in [2.45, 2.75) is 59.7 Å². The minimum absolute atomic E-state index is 0.289. The van der Waals surface area contributed by atoms with Gasteiger partial charge in [-0.05, 0) is 50.2 Å². The van der Waals surface area contributed by atoms with Gasteiger partial charge in [-0.1, -0.05) is 20.8 Å². The molecule has 0 N–H and O–H groups in total. The molecule has 2 nitrogen and oxygen atoms in total. The fourth-order valence-electron chi connectivity index (χ4n) is 3.26. The molecule has 2 aliphatic rings. The summed E-state index contributed by atoms with van der Waals surface area (Å²) in [6.45, 7) is 13.8. The van der Waals surface area contributed by atoms with Gasteiger partial charge in [0.1, 0.15) is 0 Å². The van der Waals surface area contributed by atoms with E-state index in [0.717, 1.165) is 12.3 Å². The summed E-state index contributed by atoms with van der Waals surface area (Å²) in [5.74, 6) is 0.821. The van der Waals surface area contributed by atoms with Crippen LogP contribution in [0.15, 0.2) is 5.16 Å². The van der Waals surface area contributed by atoms with Gasteiger partial charge in [0.15, 0.2) is 0 Å². The predicted octanol–water partition coefficient (Wildman–Crippen LogP) is 4.04. The number of fused-ring (bicyclic) bond motifs is 2. The highest BCUT2D eigenvalue weighted by Gasteiger charge is 2.60. The Kier molecular flexibility index (Phi) is 2.54. The first kappa shape index (κ1) is 12.2. The van der Waals surface area contributed by atoms with Crippen molar-refractivity contribution in [3.05, 3.63) is 0 Å². The van der Waals surface area contributed by atoms with Crippen LogP contribution < -0.4 is 0 Å². The molecule has 0 aromatic carbocycles. The van der Waals surface area contributed by atoms with E-state index in [2.05, 4.69) is 45.6 Å². The standard InChI is InChI=1S/C13H25NOSi/c1-12(2)10-7-8-13(12,3)11(9-10)14-15-16(4,5)6/h10H,7-9H2,1-6H3/b14-11+. The highest BCUT2D eigenvalue weighted by atomic mass is 28.4. The molecule has 92 valence electrons. The smallest absolute Gasteiger partial charge is 0.278 e. The Balaban J connectivity index is 2.22. The van der Waals surface area contributed by atoms with Crippen LogP contribution in [0.1, 0.15) is 40.0 Å². The highest BCUT2D eigenvalue weighted by Crippen LogP contribution is 2.64. The molecule has 0 radical (unpaired) electrons. The van der Waals surface area contributed by atoms with Gasteiger partial charge in [0.2, 0.25) is 0 Å². The maximum atomic E-state index is 5.75. The van der Waals surface area contributed by atoms with Gasteiger partial charge in [-0.2, -0.15) is 0 Å². The molecule has 0 aliphatic heterocycles. The van der Waals surface area contributed by atoms with Crippen molar-refractivity contribution < 1.29 is 4.53 Å². The van der Waals surface area contributed by atoms with Crippen LogP contribution in [0.25, 0.3) is 0 Å². The molecule has 0 heterocycles. The average Bonchev–Trinajstić information content (AvgIpc) is 2.45. The number of nitrogens with zero attached hydrogens (tertiary/aromatic N) is 1. The van der Waals surface area contributed by atoms with E-state index in [-0.39, 0.29) is 5.41 Å². The number of rotatable bonds is 2. The van der Waals surface area contributed by atoms with Crippen LogP contribution in [0.4, 0.5) is 0 Å². The first-order chi connectivity index (χ1) is 7.17. The van der Waals surface area contributed by atoms with E-state index < -0.39 is 8.32 Å². The molecule has 3 heteroatoms. The van der Waals surface area contributed by atoms with Crippen molar-refractivity contribution >= 4 is 14.0 Å². The summed E-state index contributed by atoms with van der Waals surface area (Å²) in [7, 11) is -1.52. The Labute approximate surface area is 101 Å². The third kappa shape index (κ3) is 1.64. The minimum Gasteiger partial charge on any atom is -0.456 e. The Morgan fingerprint density at radius 1 is 1.25 bits per heavy atom. The van der Waals surface area contributed by atoms with Crippen LogP contribution in [0, 0.1) is 16.7 Å². The lowest BCUT2D eigenvalue weighted by molar-refractivity contribution is 0.191. The summed E-state index contributed by atoms with van der Waals surface area (Å²) in [6.07, 6.45) is 3.82. The van der Waals surface area contributed by atoms with E-state index in [0.29, 0.717) is 5.41 Å². The molecular formula is C13H25NOSi. The maximum absolute atomic E-state index is 5.75. The van der Waals surface area contributed by atoms with Crippen molar-refractivity contribution in [2.24, 2.45) is 21.9 Å². The topological polar surface area (TPSA) is 21.6 Å². The van der Waals surface area contributed by atoms with Gasteiger partial charge in [0, 0.05) is 5.41 Å².